The zero-order valence-corrected chi connectivity index (χ0v) is 11.8. The molecule has 22 heavy (non-hydrogen) atoms. The van der Waals surface area contributed by atoms with Crippen LogP contribution in [0.2, 0.25) is 0 Å². The molecule has 3 aromatic rings. The van der Waals surface area contributed by atoms with Crippen LogP contribution in [0, 0.1) is 0 Å². The number of nitrogens with two attached hydrogens (primary N) is 1. The number of aromatic nitrogens is 4. The summed E-state index contributed by atoms with van der Waals surface area (Å²) >= 11 is 0. The van der Waals surface area contributed by atoms with Gasteiger partial charge < -0.3 is 16.2 Å². The smallest absolute Gasteiger partial charge is 0.222 e. The third-order valence-electron chi connectivity index (χ3n) is 3.98. The van der Waals surface area contributed by atoms with Gasteiger partial charge >= 0.3 is 0 Å². The van der Waals surface area contributed by atoms with Gasteiger partial charge in [-0.3, -0.25) is 5.10 Å². The van der Waals surface area contributed by atoms with E-state index in [1.165, 1.54) is 0 Å². The molecule has 7 nitrogen and oxygen atoms in total. The zero-order valence-electron chi connectivity index (χ0n) is 11.8. The van der Waals surface area contributed by atoms with E-state index in [4.69, 9.17) is 5.73 Å². The van der Waals surface area contributed by atoms with Gasteiger partial charge in [-0.15, -0.1) is 0 Å². The van der Waals surface area contributed by atoms with Crippen molar-refractivity contribution >= 4 is 22.7 Å². The second-order valence-electron chi connectivity index (χ2n) is 5.60. The fraction of sp³-hybridized carbons (Fsp3) is 0.267. The highest BCUT2D eigenvalue weighted by Gasteiger charge is 2.27. The Morgan fingerprint density at radius 1 is 1.23 bits per heavy atom. The molecule has 0 aliphatic heterocycles. The van der Waals surface area contributed by atoms with E-state index in [1.807, 2.05) is 24.3 Å². The molecule has 0 unspecified atom stereocenters. The highest BCUT2D eigenvalue weighted by Crippen LogP contribution is 2.29. The molecule has 1 saturated carbocycles. The SMILES string of the molecule is Nc1nc(NC2CC(O)C2)c2ccc(-c3ccn[nH]3)cc2n1. The maximum Gasteiger partial charge on any atom is 0.222 e. The molecule has 0 saturated heterocycles. The Labute approximate surface area is 126 Å². The van der Waals surface area contributed by atoms with Gasteiger partial charge in [0.05, 0.1) is 17.3 Å². The van der Waals surface area contributed by atoms with E-state index in [1.54, 1.807) is 6.20 Å². The number of nitrogens with one attached hydrogen (secondary N) is 2. The van der Waals surface area contributed by atoms with E-state index in [9.17, 15) is 5.11 Å². The number of fused-ring (bicyclic) bond motifs is 1. The summed E-state index contributed by atoms with van der Waals surface area (Å²) in [5, 5.41) is 20.5. The summed E-state index contributed by atoms with van der Waals surface area (Å²) in [7, 11) is 0. The molecule has 1 fully saturated rings. The van der Waals surface area contributed by atoms with Gasteiger partial charge in [0.15, 0.2) is 0 Å². The first-order valence-corrected chi connectivity index (χ1v) is 7.20. The minimum absolute atomic E-state index is 0.213. The lowest BCUT2D eigenvalue weighted by Crippen LogP contribution is -2.39. The molecule has 0 radical (unpaired) electrons. The van der Waals surface area contributed by atoms with Crippen molar-refractivity contribution in [3.8, 4) is 11.3 Å². The second-order valence-corrected chi connectivity index (χ2v) is 5.60. The van der Waals surface area contributed by atoms with Crippen LogP contribution in [0.4, 0.5) is 11.8 Å². The normalized spacial score (nSPS) is 20.8. The third kappa shape index (κ3) is 2.25. The number of rotatable bonds is 3. The molecule has 0 atom stereocenters. The average molecular weight is 296 g/mol. The van der Waals surface area contributed by atoms with Crippen molar-refractivity contribution in [2.24, 2.45) is 0 Å². The number of anilines is 2. The monoisotopic (exact) mass is 296 g/mol. The standard InChI is InChI=1S/C15H16N6O/c16-15-19-13-5-8(12-3-4-17-21-12)1-2-11(13)14(20-15)18-9-6-10(22)7-9/h1-5,9-10,22H,6-7H2,(H,17,21)(H3,16,18,19,20). The summed E-state index contributed by atoms with van der Waals surface area (Å²) in [4.78, 5) is 8.61. The predicted octanol–water partition coefficient (Wildman–Crippen LogP) is 1.54. The highest BCUT2D eigenvalue weighted by molar-refractivity contribution is 5.92. The van der Waals surface area contributed by atoms with Crippen molar-refractivity contribution in [2.45, 2.75) is 25.0 Å². The third-order valence-corrected chi connectivity index (χ3v) is 3.98. The van der Waals surface area contributed by atoms with Gasteiger partial charge in [-0.2, -0.15) is 10.1 Å². The molecule has 1 aliphatic rings. The van der Waals surface area contributed by atoms with Gasteiger partial charge in [-0.1, -0.05) is 6.07 Å². The van der Waals surface area contributed by atoms with Crippen LogP contribution in [0.5, 0.6) is 0 Å². The summed E-state index contributed by atoms with van der Waals surface area (Å²) in [6.07, 6.45) is 2.97. The number of aromatic amines is 1. The first-order chi connectivity index (χ1) is 10.7. The highest BCUT2D eigenvalue weighted by atomic mass is 16.3. The van der Waals surface area contributed by atoms with Gasteiger partial charge in [0.25, 0.3) is 0 Å². The Morgan fingerprint density at radius 2 is 2.09 bits per heavy atom. The van der Waals surface area contributed by atoms with E-state index in [0.29, 0.717) is 0 Å². The molecule has 2 heterocycles. The maximum absolute atomic E-state index is 9.40. The Bertz CT molecular complexity index is 810. The molecular formula is C15H16N6O. The average Bonchev–Trinajstić information content (AvgIpc) is 2.99. The summed E-state index contributed by atoms with van der Waals surface area (Å²) < 4.78 is 0. The number of hydrogen-bond donors (Lipinski definition) is 4. The van der Waals surface area contributed by atoms with Crippen molar-refractivity contribution in [3.05, 3.63) is 30.5 Å². The Balaban J connectivity index is 1.74. The molecule has 2 aromatic heterocycles. The number of nitrogens with zero attached hydrogens (tertiary/aromatic N) is 3. The fourth-order valence-electron chi connectivity index (χ4n) is 2.74. The summed E-state index contributed by atoms with van der Waals surface area (Å²) in [6, 6.07) is 8.07. The van der Waals surface area contributed by atoms with Gasteiger partial charge in [-0.25, -0.2) is 4.98 Å². The van der Waals surface area contributed by atoms with E-state index in [0.717, 1.165) is 40.8 Å². The molecule has 7 heteroatoms. The van der Waals surface area contributed by atoms with Crippen LogP contribution in [0.15, 0.2) is 30.5 Å². The Hall–Kier alpha value is -2.67. The Morgan fingerprint density at radius 3 is 2.82 bits per heavy atom. The Kier molecular flexibility index (Phi) is 2.93. The van der Waals surface area contributed by atoms with Gasteiger partial charge in [-0.05, 0) is 31.0 Å². The summed E-state index contributed by atoms with van der Waals surface area (Å²) in [5.41, 5.74) is 8.52. The van der Waals surface area contributed by atoms with Crippen LogP contribution in [-0.4, -0.2) is 37.4 Å². The van der Waals surface area contributed by atoms with Crippen LogP contribution in [-0.2, 0) is 0 Å². The summed E-state index contributed by atoms with van der Waals surface area (Å²) in [6.45, 7) is 0. The number of nitrogen functional groups attached to an aromatic ring is 1. The van der Waals surface area contributed by atoms with Gasteiger partial charge in [0.2, 0.25) is 5.95 Å². The van der Waals surface area contributed by atoms with E-state index in [-0.39, 0.29) is 18.1 Å². The topological polar surface area (TPSA) is 113 Å². The van der Waals surface area contributed by atoms with Crippen molar-refractivity contribution in [3.63, 3.8) is 0 Å². The minimum Gasteiger partial charge on any atom is -0.393 e. The zero-order chi connectivity index (χ0) is 15.1. The largest absolute Gasteiger partial charge is 0.393 e. The number of hydrogen-bond acceptors (Lipinski definition) is 6. The number of H-pyrrole nitrogens is 1. The van der Waals surface area contributed by atoms with Crippen LogP contribution < -0.4 is 11.1 Å². The molecule has 1 aliphatic carbocycles. The van der Waals surface area contributed by atoms with E-state index < -0.39 is 0 Å². The maximum atomic E-state index is 9.40. The van der Waals surface area contributed by atoms with Gasteiger partial charge in [0, 0.05) is 23.2 Å². The van der Waals surface area contributed by atoms with Crippen molar-refractivity contribution in [1.29, 1.82) is 0 Å². The quantitative estimate of drug-likeness (QED) is 0.583. The van der Waals surface area contributed by atoms with Gasteiger partial charge in [0.1, 0.15) is 5.82 Å². The lowest BCUT2D eigenvalue weighted by Gasteiger charge is -2.32. The van der Waals surface area contributed by atoms with Crippen LogP contribution in [0.25, 0.3) is 22.2 Å². The van der Waals surface area contributed by atoms with E-state index in [2.05, 4.69) is 25.5 Å². The molecule has 5 N–H and O–H groups in total. The first kappa shape index (κ1) is 13.0. The molecule has 0 amide bonds. The van der Waals surface area contributed by atoms with Crippen LogP contribution in [0.1, 0.15) is 12.8 Å². The number of aliphatic hydroxyl groups excluding tert-OH is 1. The molecule has 0 bridgehead atoms. The van der Waals surface area contributed by atoms with Crippen LogP contribution >= 0.6 is 0 Å². The lowest BCUT2D eigenvalue weighted by molar-refractivity contribution is 0.0836. The van der Waals surface area contributed by atoms with Crippen molar-refractivity contribution in [1.82, 2.24) is 20.2 Å². The number of benzene rings is 1. The molecule has 112 valence electrons. The molecule has 0 spiro atoms. The molecule has 1 aromatic carbocycles. The number of aliphatic hydroxyl groups is 1. The second kappa shape index (κ2) is 4.96. The predicted molar refractivity (Wildman–Crippen MR) is 84.2 cm³/mol. The van der Waals surface area contributed by atoms with Crippen molar-refractivity contribution in [2.75, 3.05) is 11.1 Å². The molecule has 4 rings (SSSR count). The lowest BCUT2D eigenvalue weighted by atomic mass is 9.89. The van der Waals surface area contributed by atoms with Crippen molar-refractivity contribution < 1.29 is 5.11 Å². The molecular weight excluding hydrogens is 280 g/mol. The van der Waals surface area contributed by atoms with Crippen LogP contribution in [0.3, 0.4) is 0 Å². The fourth-order valence-corrected chi connectivity index (χ4v) is 2.74. The first-order valence-electron chi connectivity index (χ1n) is 7.20. The minimum atomic E-state index is -0.213. The van der Waals surface area contributed by atoms with E-state index >= 15 is 0 Å². The summed E-state index contributed by atoms with van der Waals surface area (Å²) in [5.74, 6) is 0.951.